The van der Waals surface area contributed by atoms with Crippen LogP contribution in [0.3, 0.4) is 0 Å². The first-order chi connectivity index (χ1) is 10.9. The molecule has 6 nitrogen and oxygen atoms in total. The molecule has 0 aromatic heterocycles. The van der Waals surface area contributed by atoms with Gasteiger partial charge in [-0.1, -0.05) is 28.1 Å². The van der Waals surface area contributed by atoms with Gasteiger partial charge in [0, 0.05) is 12.7 Å². The summed E-state index contributed by atoms with van der Waals surface area (Å²) < 4.78 is 31.3. The number of hydrogen-bond acceptors (Lipinski definition) is 4. The maximum Gasteiger partial charge on any atom is 0.261 e. The molecule has 2 aromatic rings. The number of carbonyl (C=O) groups excluding carboxylic acids is 1. The van der Waals surface area contributed by atoms with Crippen LogP contribution in [0, 0.1) is 0 Å². The van der Waals surface area contributed by atoms with E-state index in [0.717, 1.165) is 0 Å². The van der Waals surface area contributed by atoms with Gasteiger partial charge in [-0.2, -0.15) is 0 Å². The molecule has 2 aromatic carbocycles. The van der Waals surface area contributed by atoms with Gasteiger partial charge in [0.05, 0.1) is 11.3 Å². The molecule has 1 aliphatic rings. The van der Waals surface area contributed by atoms with Gasteiger partial charge in [-0.3, -0.25) is 9.52 Å². The van der Waals surface area contributed by atoms with Gasteiger partial charge < -0.3 is 9.64 Å². The van der Waals surface area contributed by atoms with E-state index in [-0.39, 0.29) is 10.6 Å². The Kier molecular flexibility index (Phi) is 4.03. The number of nitrogens with one attached hydrogen (secondary N) is 1. The Morgan fingerprint density at radius 3 is 2.65 bits per heavy atom. The Labute approximate surface area is 142 Å². The van der Waals surface area contributed by atoms with Crippen LogP contribution >= 0.6 is 15.9 Å². The molecule has 0 fully saturated rings. The van der Waals surface area contributed by atoms with Crippen molar-refractivity contribution in [2.24, 2.45) is 0 Å². The molecule has 1 N–H and O–H groups in total. The quantitative estimate of drug-likeness (QED) is 0.808. The minimum Gasteiger partial charge on any atom is -0.454 e. The van der Waals surface area contributed by atoms with Crippen molar-refractivity contribution < 1.29 is 17.9 Å². The van der Waals surface area contributed by atoms with Crippen LogP contribution in [0.2, 0.25) is 0 Å². The summed E-state index contributed by atoms with van der Waals surface area (Å²) >= 11 is 2.91. The zero-order valence-electron chi connectivity index (χ0n) is 12.1. The van der Waals surface area contributed by atoms with Crippen LogP contribution in [0.15, 0.2) is 42.5 Å². The van der Waals surface area contributed by atoms with Crippen molar-refractivity contribution in [3.63, 3.8) is 0 Å². The first-order valence-electron chi connectivity index (χ1n) is 6.67. The Morgan fingerprint density at radius 2 is 1.91 bits per heavy atom. The number of para-hydroxylation sites is 2. The summed E-state index contributed by atoms with van der Waals surface area (Å²) in [7, 11) is -1.84. The topological polar surface area (TPSA) is 75.7 Å². The van der Waals surface area contributed by atoms with Crippen LogP contribution in [0.25, 0.3) is 0 Å². The molecular weight excluding hydrogens is 384 g/mol. The van der Waals surface area contributed by atoms with Crippen LogP contribution < -0.4 is 14.4 Å². The molecular formula is C15H13BrN2O4S. The van der Waals surface area contributed by atoms with Gasteiger partial charge in [0.15, 0.2) is 5.75 Å². The Bertz CT molecular complexity index is 883. The maximum absolute atomic E-state index is 12.6. The lowest BCUT2D eigenvalue weighted by atomic mass is 10.1. The average molecular weight is 397 g/mol. The molecule has 3 rings (SSSR count). The van der Waals surface area contributed by atoms with E-state index in [2.05, 4.69) is 20.7 Å². The zero-order valence-corrected chi connectivity index (χ0v) is 14.5. The van der Waals surface area contributed by atoms with Crippen LogP contribution in [-0.4, -0.2) is 26.0 Å². The molecule has 0 atom stereocenters. The van der Waals surface area contributed by atoms with Crippen molar-refractivity contribution in [1.29, 1.82) is 0 Å². The van der Waals surface area contributed by atoms with E-state index in [1.807, 2.05) is 12.1 Å². The van der Waals surface area contributed by atoms with Gasteiger partial charge in [0.1, 0.15) is 10.4 Å². The molecule has 120 valence electrons. The summed E-state index contributed by atoms with van der Waals surface area (Å²) in [6.45, 7) is 0. The summed E-state index contributed by atoms with van der Waals surface area (Å²) in [5.74, 6) is 0.675. The van der Waals surface area contributed by atoms with Gasteiger partial charge in [-0.05, 0) is 30.3 Å². The standard InChI is InChI=1S/C15H13BrN2O4S/c1-18-12-4-2-3-5-14(12)22-13-7-6-10(8-11(13)15(18)19)17-23(20,21)9-16/h2-8,17H,9H2,1H3. The van der Waals surface area contributed by atoms with E-state index in [4.69, 9.17) is 4.74 Å². The molecule has 1 heterocycles. The zero-order chi connectivity index (χ0) is 16.6. The Hall–Kier alpha value is -2.06. The number of carbonyl (C=O) groups is 1. The van der Waals surface area contributed by atoms with E-state index < -0.39 is 10.0 Å². The number of anilines is 2. The molecule has 1 aliphatic heterocycles. The fourth-order valence-electron chi connectivity index (χ4n) is 2.29. The molecule has 0 saturated carbocycles. The van der Waals surface area contributed by atoms with E-state index >= 15 is 0 Å². The van der Waals surface area contributed by atoms with Gasteiger partial charge in [-0.15, -0.1) is 0 Å². The van der Waals surface area contributed by atoms with Crippen LogP contribution in [-0.2, 0) is 10.0 Å². The lowest BCUT2D eigenvalue weighted by Gasteiger charge is -2.16. The SMILES string of the molecule is CN1C(=O)c2cc(NS(=O)(=O)CBr)ccc2Oc2ccccc21. The van der Waals surface area contributed by atoms with E-state index in [1.54, 1.807) is 31.3 Å². The molecule has 0 spiro atoms. The summed E-state index contributed by atoms with van der Waals surface area (Å²) in [6, 6.07) is 11.8. The van der Waals surface area contributed by atoms with Crippen molar-refractivity contribution in [2.75, 3.05) is 21.3 Å². The highest BCUT2D eigenvalue weighted by atomic mass is 79.9. The van der Waals surface area contributed by atoms with Crippen molar-refractivity contribution in [2.45, 2.75) is 0 Å². The van der Waals surface area contributed by atoms with Crippen molar-refractivity contribution >= 4 is 43.2 Å². The van der Waals surface area contributed by atoms with Crippen LogP contribution in [0.4, 0.5) is 11.4 Å². The first kappa shape index (κ1) is 15.8. The molecule has 0 aliphatic carbocycles. The number of amides is 1. The van der Waals surface area contributed by atoms with Crippen LogP contribution in [0.1, 0.15) is 10.4 Å². The number of alkyl halides is 1. The number of rotatable bonds is 3. The monoisotopic (exact) mass is 396 g/mol. The average Bonchev–Trinajstić information content (AvgIpc) is 2.64. The summed E-state index contributed by atoms with van der Waals surface area (Å²) in [4.78, 5) is 14.1. The molecule has 0 bridgehead atoms. The molecule has 0 saturated heterocycles. The van der Waals surface area contributed by atoms with Gasteiger partial charge in [0.2, 0.25) is 10.0 Å². The molecule has 8 heteroatoms. The highest BCUT2D eigenvalue weighted by Crippen LogP contribution is 2.38. The number of halogens is 1. The fraction of sp³-hybridized carbons (Fsp3) is 0.133. The third-order valence-corrected chi connectivity index (χ3v) is 6.02. The highest BCUT2D eigenvalue weighted by molar-refractivity contribution is 9.10. The predicted octanol–water partition coefficient (Wildman–Crippen LogP) is 3.16. The second kappa shape index (κ2) is 5.86. The van der Waals surface area contributed by atoms with Gasteiger partial charge in [0.25, 0.3) is 5.91 Å². The maximum atomic E-state index is 12.6. The number of hydrogen-bond donors (Lipinski definition) is 1. The minimum absolute atomic E-state index is 0.229. The number of benzene rings is 2. The first-order valence-corrected chi connectivity index (χ1v) is 9.44. The van der Waals surface area contributed by atoms with Crippen molar-refractivity contribution in [3.8, 4) is 11.5 Å². The third-order valence-electron chi connectivity index (χ3n) is 3.38. The van der Waals surface area contributed by atoms with E-state index in [1.165, 1.54) is 11.0 Å². The predicted molar refractivity (Wildman–Crippen MR) is 92.0 cm³/mol. The van der Waals surface area contributed by atoms with Crippen molar-refractivity contribution in [3.05, 3.63) is 48.0 Å². The van der Waals surface area contributed by atoms with Gasteiger partial charge in [-0.25, -0.2) is 8.42 Å². The largest absolute Gasteiger partial charge is 0.454 e. The summed E-state index contributed by atoms with van der Waals surface area (Å²) in [5, 5.41) is 0. The lowest BCUT2D eigenvalue weighted by Crippen LogP contribution is -2.25. The smallest absolute Gasteiger partial charge is 0.261 e. The van der Waals surface area contributed by atoms with Gasteiger partial charge >= 0.3 is 0 Å². The fourth-order valence-corrected chi connectivity index (χ4v) is 3.17. The number of nitrogens with zero attached hydrogens (tertiary/aromatic N) is 1. The van der Waals surface area contributed by atoms with E-state index in [0.29, 0.717) is 28.4 Å². The third kappa shape index (κ3) is 3.04. The van der Waals surface area contributed by atoms with Crippen LogP contribution in [0.5, 0.6) is 11.5 Å². The molecule has 23 heavy (non-hydrogen) atoms. The van der Waals surface area contributed by atoms with E-state index in [9.17, 15) is 13.2 Å². The second-order valence-corrected chi connectivity index (χ2v) is 8.00. The Morgan fingerprint density at radius 1 is 1.17 bits per heavy atom. The lowest BCUT2D eigenvalue weighted by molar-refractivity contribution is 0.0993. The highest BCUT2D eigenvalue weighted by Gasteiger charge is 2.26. The summed E-state index contributed by atoms with van der Waals surface area (Å²) in [5.41, 5.74) is 1.24. The molecule has 0 radical (unpaired) electrons. The normalized spacial score (nSPS) is 13.7. The number of fused-ring (bicyclic) bond motifs is 2. The van der Waals surface area contributed by atoms with Crippen molar-refractivity contribution in [1.82, 2.24) is 0 Å². The summed E-state index contributed by atoms with van der Waals surface area (Å²) in [6.07, 6.45) is 0. The number of sulfonamides is 1. The molecule has 1 amide bonds. The minimum atomic E-state index is -3.49. The Balaban J connectivity index is 2.06. The molecule has 0 unspecified atom stereocenters. The second-order valence-electron chi connectivity index (χ2n) is 4.97. The number of ether oxygens (including phenoxy) is 1.